The minimum Gasteiger partial charge on any atom is -0.409 e. The molecule has 1 fully saturated rings. The van der Waals surface area contributed by atoms with E-state index < -0.39 is 29.6 Å². The quantitative estimate of drug-likeness (QED) is 0.631. The summed E-state index contributed by atoms with van der Waals surface area (Å²) in [6.07, 6.45) is -5.48. The van der Waals surface area contributed by atoms with Crippen LogP contribution in [-0.4, -0.2) is 43.1 Å². The number of nitrogens with one attached hydrogen (secondary N) is 2. The number of hydrogen-bond acceptors (Lipinski definition) is 4. The molecule has 30 heavy (non-hydrogen) atoms. The fourth-order valence-corrected chi connectivity index (χ4v) is 3.16. The topological polar surface area (TPSA) is 70.7 Å². The molecule has 2 amide bonds. The number of carbonyl (C=O) groups excluding carboxylic acids is 2. The van der Waals surface area contributed by atoms with Crippen molar-refractivity contribution in [1.82, 2.24) is 10.2 Å². The molecule has 2 N–H and O–H groups in total. The Kier molecular flexibility index (Phi) is 6.61. The van der Waals surface area contributed by atoms with E-state index in [1.165, 1.54) is 17.0 Å². The highest BCUT2D eigenvalue weighted by atomic mass is 79.9. The molecule has 0 aromatic heterocycles. The fourth-order valence-electron chi connectivity index (χ4n) is 2.80. The number of anilines is 1. The van der Waals surface area contributed by atoms with Crippen LogP contribution < -0.4 is 15.4 Å². The summed E-state index contributed by atoms with van der Waals surface area (Å²) < 4.78 is 57.7. The van der Waals surface area contributed by atoms with Crippen LogP contribution in [0.15, 0.2) is 40.9 Å². The van der Waals surface area contributed by atoms with E-state index in [0.717, 1.165) is 6.07 Å². The van der Waals surface area contributed by atoms with Crippen LogP contribution in [0.4, 0.5) is 28.0 Å². The van der Waals surface area contributed by atoms with Gasteiger partial charge in [0.15, 0.2) is 0 Å². The lowest BCUT2D eigenvalue weighted by molar-refractivity contribution is -0.139. The zero-order valence-electron chi connectivity index (χ0n) is 15.4. The van der Waals surface area contributed by atoms with Gasteiger partial charge in [0.2, 0.25) is 0 Å². The van der Waals surface area contributed by atoms with Crippen LogP contribution >= 0.6 is 15.9 Å². The van der Waals surface area contributed by atoms with Crippen molar-refractivity contribution in [3.63, 3.8) is 0 Å². The van der Waals surface area contributed by atoms with E-state index in [9.17, 15) is 27.2 Å². The molecule has 0 spiro atoms. The van der Waals surface area contributed by atoms with Gasteiger partial charge in [-0.25, -0.2) is 9.18 Å². The maximum Gasteiger partial charge on any atom is 0.419 e. The first kappa shape index (κ1) is 22.0. The number of carbonyl (C=O) groups is 2. The van der Waals surface area contributed by atoms with E-state index in [4.69, 9.17) is 4.74 Å². The van der Waals surface area contributed by atoms with Gasteiger partial charge in [0.1, 0.15) is 11.6 Å². The lowest BCUT2D eigenvalue weighted by Crippen LogP contribution is -2.47. The Morgan fingerprint density at radius 1 is 1.10 bits per heavy atom. The molecular weight excluding hydrogens is 474 g/mol. The average molecular weight is 490 g/mol. The molecular formula is C19H16BrF4N3O3. The number of piperazine rings is 1. The molecule has 0 atom stereocenters. The predicted molar refractivity (Wildman–Crippen MR) is 104 cm³/mol. The van der Waals surface area contributed by atoms with Crippen LogP contribution in [0, 0.1) is 5.82 Å². The highest BCUT2D eigenvalue weighted by Crippen LogP contribution is 2.33. The standard InChI is InChI=1S/C19H16BrF4N3O3/c20-11-1-4-16(30-18(29)27-7-5-25-6-8-27)13(9-11)17(28)26-12-2-3-14(15(21)10-12)19(22,23)24/h1-4,9-10,25H,5-8H2,(H,26,28). The zero-order valence-corrected chi connectivity index (χ0v) is 16.9. The normalized spacial score (nSPS) is 14.4. The van der Waals surface area contributed by atoms with Crippen molar-refractivity contribution in [1.29, 1.82) is 0 Å². The summed E-state index contributed by atoms with van der Waals surface area (Å²) in [5.74, 6) is -2.33. The Morgan fingerprint density at radius 3 is 2.43 bits per heavy atom. The first-order valence-corrected chi connectivity index (χ1v) is 9.59. The Balaban J connectivity index is 1.79. The second-order valence-corrected chi connectivity index (χ2v) is 7.31. The van der Waals surface area contributed by atoms with Crippen LogP contribution in [0.5, 0.6) is 5.75 Å². The number of rotatable bonds is 3. The summed E-state index contributed by atoms with van der Waals surface area (Å²) in [5, 5.41) is 5.41. The van der Waals surface area contributed by atoms with Gasteiger partial charge in [0.25, 0.3) is 5.91 Å². The monoisotopic (exact) mass is 489 g/mol. The number of halogens is 5. The van der Waals surface area contributed by atoms with Crippen molar-refractivity contribution in [3.05, 3.63) is 57.8 Å². The van der Waals surface area contributed by atoms with E-state index in [2.05, 4.69) is 26.6 Å². The highest BCUT2D eigenvalue weighted by Gasteiger charge is 2.34. The largest absolute Gasteiger partial charge is 0.419 e. The van der Waals surface area contributed by atoms with Gasteiger partial charge in [0, 0.05) is 36.3 Å². The first-order valence-electron chi connectivity index (χ1n) is 8.80. The molecule has 11 heteroatoms. The molecule has 1 heterocycles. The summed E-state index contributed by atoms with van der Waals surface area (Å²) in [5.41, 5.74) is -1.66. The predicted octanol–water partition coefficient (Wildman–Crippen LogP) is 4.26. The van der Waals surface area contributed by atoms with Gasteiger partial charge in [-0.3, -0.25) is 4.79 Å². The Bertz CT molecular complexity index is 963. The van der Waals surface area contributed by atoms with E-state index >= 15 is 0 Å². The van der Waals surface area contributed by atoms with Gasteiger partial charge in [-0.1, -0.05) is 15.9 Å². The van der Waals surface area contributed by atoms with E-state index in [1.807, 2.05) is 0 Å². The molecule has 0 radical (unpaired) electrons. The summed E-state index contributed by atoms with van der Waals surface area (Å²) in [7, 11) is 0. The zero-order chi connectivity index (χ0) is 21.9. The number of benzene rings is 2. The van der Waals surface area contributed by atoms with Gasteiger partial charge in [0.05, 0.1) is 11.1 Å². The Labute approximate surface area is 177 Å². The van der Waals surface area contributed by atoms with Crippen LogP contribution in [0.1, 0.15) is 15.9 Å². The Morgan fingerprint density at radius 2 is 1.80 bits per heavy atom. The van der Waals surface area contributed by atoms with Gasteiger partial charge in [-0.15, -0.1) is 0 Å². The van der Waals surface area contributed by atoms with Crippen LogP contribution in [-0.2, 0) is 6.18 Å². The third-order valence-corrected chi connectivity index (χ3v) is 4.78. The van der Waals surface area contributed by atoms with Crippen molar-refractivity contribution in [2.45, 2.75) is 6.18 Å². The number of nitrogens with zero attached hydrogens (tertiary/aromatic N) is 1. The molecule has 0 saturated carbocycles. The van der Waals surface area contributed by atoms with Crippen LogP contribution in [0.3, 0.4) is 0 Å². The average Bonchev–Trinajstić information content (AvgIpc) is 2.69. The van der Waals surface area contributed by atoms with Crippen molar-refractivity contribution in [2.24, 2.45) is 0 Å². The molecule has 6 nitrogen and oxygen atoms in total. The van der Waals surface area contributed by atoms with Crippen LogP contribution in [0.25, 0.3) is 0 Å². The van der Waals surface area contributed by atoms with Crippen molar-refractivity contribution in [3.8, 4) is 5.75 Å². The number of amides is 2. The molecule has 2 aromatic rings. The Hall–Kier alpha value is -2.66. The smallest absolute Gasteiger partial charge is 0.409 e. The minimum absolute atomic E-state index is 0.0355. The molecule has 2 aromatic carbocycles. The van der Waals surface area contributed by atoms with Gasteiger partial charge in [-0.2, -0.15) is 13.2 Å². The molecule has 0 unspecified atom stereocenters. The SMILES string of the molecule is O=C(Nc1ccc(C(F)(F)F)c(F)c1)c1cc(Br)ccc1OC(=O)N1CCNCC1. The van der Waals surface area contributed by atoms with Gasteiger partial charge in [-0.05, 0) is 36.4 Å². The molecule has 160 valence electrons. The number of alkyl halides is 3. The summed E-state index contributed by atoms with van der Waals surface area (Å²) >= 11 is 3.21. The maximum atomic E-state index is 13.8. The molecule has 0 bridgehead atoms. The van der Waals surface area contributed by atoms with E-state index in [1.54, 1.807) is 6.07 Å². The summed E-state index contributed by atoms with van der Waals surface area (Å²) in [6.45, 7) is 2.12. The lowest BCUT2D eigenvalue weighted by atomic mass is 10.1. The van der Waals surface area contributed by atoms with Gasteiger partial charge < -0.3 is 20.3 Å². The summed E-state index contributed by atoms with van der Waals surface area (Å²) in [6, 6.07) is 6.41. The lowest BCUT2D eigenvalue weighted by Gasteiger charge is -2.26. The van der Waals surface area contributed by atoms with E-state index in [-0.39, 0.29) is 17.0 Å². The fraction of sp³-hybridized carbons (Fsp3) is 0.263. The van der Waals surface area contributed by atoms with E-state index in [0.29, 0.717) is 42.8 Å². The molecule has 1 aliphatic heterocycles. The molecule has 3 rings (SSSR count). The van der Waals surface area contributed by atoms with Crippen LogP contribution in [0.2, 0.25) is 0 Å². The van der Waals surface area contributed by atoms with Gasteiger partial charge >= 0.3 is 12.3 Å². The van der Waals surface area contributed by atoms with Crippen molar-refractivity contribution in [2.75, 3.05) is 31.5 Å². The van der Waals surface area contributed by atoms with Crippen molar-refractivity contribution < 1.29 is 31.9 Å². The second kappa shape index (κ2) is 9.00. The third kappa shape index (κ3) is 5.28. The third-order valence-electron chi connectivity index (χ3n) is 4.29. The maximum absolute atomic E-state index is 13.8. The second-order valence-electron chi connectivity index (χ2n) is 6.39. The molecule has 1 aliphatic rings. The summed E-state index contributed by atoms with van der Waals surface area (Å²) in [4.78, 5) is 26.5. The number of ether oxygens (including phenoxy) is 1. The minimum atomic E-state index is -4.84. The molecule has 0 aliphatic carbocycles. The number of hydrogen-bond donors (Lipinski definition) is 2. The first-order chi connectivity index (χ1) is 14.1. The van der Waals surface area contributed by atoms with Crippen molar-refractivity contribution >= 4 is 33.6 Å². The molecule has 1 saturated heterocycles. The highest BCUT2D eigenvalue weighted by molar-refractivity contribution is 9.10.